The summed E-state index contributed by atoms with van der Waals surface area (Å²) in [6, 6.07) is 7.83. The topological polar surface area (TPSA) is 34.1 Å². The van der Waals surface area contributed by atoms with Crippen molar-refractivity contribution in [1.29, 1.82) is 0 Å². The Morgan fingerprint density at radius 3 is 2.33 bits per heavy atom. The van der Waals surface area contributed by atoms with E-state index in [2.05, 4.69) is 12.1 Å². The van der Waals surface area contributed by atoms with Gasteiger partial charge in [0.05, 0.1) is 0 Å². The molecular formula is C16H18O2. The van der Waals surface area contributed by atoms with Gasteiger partial charge in [0, 0.05) is 5.56 Å². The fraction of sp³-hybridized carbons (Fsp3) is 0.375. The van der Waals surface area contributed by atoms with Crippen molar-refractivity contribution < 1.29 is 9.59 Å². The van der Waals surface area contributed by atoms with Gasteiger partial charge in [0.15, 0.2) is 5.78 Å². The Labute approximate surface area is 108 Å². The average molecular weight is 242 g/mol. The van der Waals surface area contributed by atoms with Crippen LogP contribution in [-0.2, 0) is 4.79 Å². The zero-order chi connectivity index (χ0) is 12.8. The number of hydrogen-bond acceptors (Lipinski definition) is 2. The summed E-state index contributed by atoms with van der Waals surface area (Å²) in [7, 11) is 0. The van der Waals surface area contributed by atoms with Crippen molar-refractivity contribution in [3.05, 3.63) is 47.5 Å². The second-order valence-corrected chi connectivity index (χ2v) is 4.82. The number of carbonyl (C=O) groups excluding carboxylic acids is 2. The molecule has 0 aromatic heterocycles. The highest BCUT2D eigenvalue weighted by atomic mass is 16.1. The number of hydrogen-bond donors (Lipinski definition) is 0. The van der Waals surface area contributed by atoms with Crippen LogP contribution in [0.5, 0.6) is 0 Å². The van der Waals surface area contributed by atoms with Crippen LogP contribution in [0.15, 0.2) is 36.4 Å². The van der Waals surface area contributed by atoms with E-state index in [1.165, 1.54) is 49.8 Å². The zero-order valence-electron chi connectivity index (χ0n) is 10.5. The van der Waals surface area contributed by atoms with Crippen LogP contribution in [-0.4, -0.2) is 12.1 Å². The molecule has 2 nitrogen and oxygen atoms in total. The number of carbonyl (C=O) groups is 2. The predicted octanol–water partition coefficient (Wildman–Crippen LogP) is 3.67. The monoisotopic (exact) mass is 242 g/mol. The van der Waals surface area contributed by atoms with Crippen LogP contribution in [0.3, 0.4) is 0 Å². The zero-order valence-corrected chi connectivity index (χ0v) is 10.5. The summed E-state index contributed by atoms with van der Waals surface area (Å²) in [6.45, 7) is 0. The molecular weight excluding hydrogens is 224 g/mol. The molecule has 1 aliphatic carbocycles. The van der Waals surface area contributed by atoms with Gasteiger partial charge in [-0.25, -0.2) is 0 Å². The van der Waals surface area contributed by atoms with E-state index in [1.54, 1.807) is 0 Å². The lowest BCUT2D eigenvalue weighted by atomic mass is 9.84. The third-order valence-corrected chi connectivity index (χ3v) is 3.60. The number of benzene rings is 1. The first-order valence-corrected chi connectivity index (χ1v) is 6.57. The molecule has 0 bridgehead atoms. The van der Waals surface area contributed by atoms with E-state index in [-0.39, 0.29) is 5.78 Å². The molecule has 1 saturated carbocycles. The van der Waals surface area contributed by atoms with Gasteiger partial charge < -0.3 is 0 Å². The minimum Gasteiger partial charge on any atom is -0.299 e. The molecule has 0 amide bonds. The Hall–Kier alpha value is -1.70. The van der Waals surface area contributed by atoms with Gasteiger partial charge in [-0.2, -0.15) is 0 Å². The molecule has 18 heavy (non-hydrogen) atoms. The largest absolute Gasteiger partial charge is 0.299 e. The summed E-state index contributed by atoms with van der Waals surface area (Å²) in [4.78, 5) is 21.8. The van der Waals surface area contributed by atoms with Crippen molar-refractivity contribution >= 4 is 12.1 Å². The van der Waals surface area contributed by atoms with Gasteiger partial charge in [0.25, 0.3) is 0 Å². The van der Waals surface area contributed by atoms with Gasteiger partial charge >= 0.3 is 0 Å². The highest BCUT2D eigenvalue weighted by Crippen LogP contribution is 2.32. The second kappa shape index (κ2) is 6.29. The maximum Gasteiger partial charge on any atom is 0.185 e. The van der Waals surface area contributed by atoms with Crippen LogP contribution in [0.2, 0.25) is 0 Å². The minimum absolute atomic E-state index is 0.114. The summed E-state index contributed by atoms with van der Waals surface area (Å²) in [5, 5.41) is 0. The van der Waals surface area contributed by atoms with E-state index in [1.807, 2.05) is 12.1 Å². The summed E-state index contributed by atoms with van der Waals surface area (Å²) in [6.07, 6.45) is 9.66. The third-order valence-electron chi connectivity index (χ3n) is 3.60. The Morgan fingerprint density at radius 1 is 1.06 bits per heavy atom. The van der Waals surface area contributed by atoms with Crippen LogP contribution in [0, 0.1) is 0 Å². The van der Waals surface area contributed by atoms with Crippen molar-refractivity contribution in [3.63, 3.8) is 0 Å². The maximum atomic E-state index is 11.6. The molecule has 0 radical (unpaired) electrons. The van der Waals surface area contributed by atoms with Crippen molar-refractivity contribution in [2.45, 2.75) is 38.0 Å². The Morgan fingerprint density at radius 2 is 1.72 bits per heavy atom. The van der Waals surface area contributed by atoms with Gasteiger partial charge in [-0.15, -0.1) is 0 Å². The van der Waals surface area contributed by atoms with E-state index in [9.17, 15) is 9.59 Å². The SMILES string of the molecule is O=C/C=C/C(=O)c1ccc(C2CCCCC2)cc1. The number of rotatable bonds is 4. The van der Waals surface area contributed by atoms with Crippen LogP contribution >= 0.6 is 0 Å². The first-order chi connectivity index (χ1) is 8.81. The molecule has 2 heteroatoms. The molecule has 1 aromatic rings. The van der Waals surface area contributed by atoms with Crippen molar-refractivity contribution in [2.24, 2.45) is 0 Å². The normalized spacial score (nSPS) is 16.9. The fourth-order valence-corrected chi connectivity index (χ4v) is 2.58. The number of allylic oxidation sites excluding steroid dienone is 2. The Bertz CT molecular complexity index is 437. The lowest BCUT2D eigenvalue weighted by molar-refractivity contribution is -0.104. The predicted molar refractivity (Wildman–Crippen MR) is 71.8 cm³/mol. The highest BCUT2D eigenvalue weighted by molar-refractivity contribution is 6.05. The molecule has 0 heterocycles. The molecule has 1 aromatic carbocycles. The smallest absolute Gasteiger partial charge is 0.185 e. The minimum atomic E-state index is -0.114. The van der Waals surface area contributed by atoms with Gasteiger partial charge in [-0.1, -0.05) is 43.5 Å². The van der Waals surface area contributed by atoms with Gasteiger partial charge in [0.2, 0.25) is 0 Å². The second-order valence-electron chi connectivity index (χ2n) is 4.82. The molecule has 1 aliphatic rings. The van der Waals surface area contributed by atoms with Crippen molar-refractivity contribution in [1.82, 2.24) is 0 Å². The number of aldehydes is 1. The molecule has 94 valence electrons. The van der Waals surface area contributed by atoms with Crippen LogP contribution in [0.4, 0.5) is 0 Å². The molecule has 0 aliphatic heterocycles. The highest BCUT2D eigenvalue weighted by Gasteiger charge is 2.15. The Balaban J connectivity index is 2.07. The molecule has 2 rings (SSSR count). The third kappa shape index (κ3) is 3.16. The fourth-order valence-electron chi connectivity index (χ4n) is 2.58. The van der Waals surface area contributed by atoms with Crippen molar-refractivity contribution in [2.75, 3.05) is 0 Å². The van der Waals surface area contributed by atoms with E-state index < -0.39 is 0 Å². The lowest BCUT2D eigenvalue weighted by Gasteiger charge is -2.21. The standard InChI is InChI=1S/C16H18O2/c17-12-4-7-16(18)15-10-8-14(9-11-15)13-5-2-1-3-6-13/h4,7-13H,1-3,5-6H2/b7-4+. The van der Waals surface area contributed by atoms with Gasteiger partial charge in [0.1, 0.15) is 6.29 Å². The van der Waals surface area contributed by atoms with E-state index in [4.69, 9.17) is 0 Å². The molecule has 0 N–H and O–H groups in total. The number of ketones is 1. The first kappa shape index (κ1) is 12.7. The lowest BCUT2D eigenvalue weighted by Crippen LogP contribution is -2.05. The van der Waals surface area contributed by atoms with E-state index in [0.29, 0.717) is 17.8 Å². The summed E-state index contributed by atoms with van der Waals surface area (Å²) in [5.74, 6) is 0.547. The maximum absolute atomic E-state index is 11.6. The van der Waals surface area contributed by atoms with Crippen LogP contribution in [0.1, 0.15) is 53.9 Å². The molecule has 0 spiro atoms. The Kier molecular flexibility index (Phi) is 4.46. The van der Waals surface area contributed by atoms with Gasteiger partial charge in [-0.3, -0.25) is 9.59 Å². The molecule has 0 saturated heterocycles. The molecule has 1 fully saturated rings. The van der Waals surface area contributed by atoms with Gasteiger partial charge in [-0.05, 0) is 36.5 Å². The van der Waals surface area contributed by atoms with Crippen LogP contribution < -0.4 is 0 Å². The quantitative estimate of drug-likeness (QED) is 0.458. The average Bonchev–Trinajstić information content (AvgIpc) is 2.46. The van der Waals surface area contributed by atoms with Crippen molar-refractivity contribution in [3.8, 4) is 0 Å². The van der Waals surface area contributed by atoms with E-state index >= 15 is 0 Å². The van der Waals surface area contributed by atoms with E-state index in [0.717, 1.165) is 0 Å². The molecule has 0 atom stereocenters. The summed E-state index contributed by atoms with van der Waals surface area (Å²) in [5.41, 5.74) is 1.98. The molecule has 0 unspecified atom stereocenters. The summed E-state index contributed by atoms with van der Waals surface area (Å²) < 4.78 is 0. The first-order valence-electron chi connectivity index (χ1n) is 6.57. The summed E-state index contributed by atoms with van der Waals surface area (Å²) >= 11 is 0. The van der Waals surface area contributed by atoms with Crippen LogP contribution in [0.25, 0.3) is 0 Å².